The number of hydrogen-bond acceptors (Lipinski definition) is 3. The molecule has 0 bridgehead atoms. The fourth-order valence-corrected chi connectivity index (χ4v) is 4.53. The molecule has 4 nitrogen and oxygen atoms in total. The second-order valence-electron chi connectivity index (χ2n) is 6.91. The maximum atomic E-state index is 12.2. The van der Waals surface area contributed by atoms with Crippen LogP contribution in [-0.2, 0) is 9.59 Å². The summed E-state index contributed by atoms with van der Waals surface area (Å²) in [5, 5.41) is 3.69. The van der Waals surface area contributed by atoms with Gasteiger partial charge < -0.3 is 5.32 Å². The zero-order valence-electron chi connectivity index (χ0n) is 11.4. The minimum atomic E-state index is 0.0599. The van der Waals surface area contributed by atoms with E-state index in [1.165, 1.54) is 32.1 Å². The second kappa shape index (κ2) is 4.05. The van der Waals surface area contributed by atoms with Crippen LogP contribution < -0.4 is 5.32 Å². The number of carbonyl (C=O) groups is 2. The van der Waals surface area contributed by atoms with Crippen molar-refractivity contribution in [3.8, 4) is 0 Å². The third kappa shape index (κ3) is 1.76. The number of nitrogens with one attached hydrogen (secondary N) is 1. The Hall–Kier alpha value is -0.900. The van der Waals surface area contributed by atoms with Gasteiger partial charge >= 0.3 is 0 Å². The summed E-state index contributed by atoms with van der Waals surface area (Å²) in [5.41, 5.74) is 0.217. The van der Waals surface area contributed by atoms with Gasteiger partial charge in [-0.25, -0.2) is 0 Å². The lowest BCUT2D eigenvalue weighted by molar-refractivity contribution is -0.145. The van der Waals surface area contributed by atoms with Gasteiger partial charge in [0, 0.05) is 11.6 Å². The first-order valence-corrected chi connectivity index (χ1v) is 7.82. The Balaban J connectivity index is 1.52. The average molecular weight is 262 g/mol. The van der Waals surface area contributed by atoms with Gasteiger partial charge in [0.15, 0.2) is 0 Å². The van der Waals surface area contributed by atoms with E-state index < -0.39 is 0 Å². The van der Waals surface area contributed by atoms with E-state index in [2.05, 4.69) is 5.32 Å². The largest absolute Gasteiger partial charge is 0.311 e. The van der Waals surface area contributed by atoms with Crippen molar-refractivity contribution in [3.63, 3.8) is 0 Å². The highest BCUT2D eigenvalue weighted by Crippen LogP contribution is 2.49. The Bertz CT molecular complexity index is 402. The zero-order valence-corrected chi connectivity index (χ0v) is 11.4. The number of imide groups is 1. The third-order valence-corrected chi connectivity index (χ3v) is 5.68. The molecule has 1 N–H and O–H groups in total. The third-order valence-electron chi connectivity index (χ3n) is 5.68. The molecule has 0 aromatic rings. The van der Waals surface area contributed by atoms with Gasteiger partial charge in [0.05, 0.1) is 11.8 Å². The van der Waals surface area contributed by atoms with E-state index in [9.17, 15) is 9.59 Å². The molecule has 0 aromatic carbocycles. The molecule has 2 heterocycles. The first-order chi connectivity index (χ1) is 9.20. The van der Waals surface area contributed by atoms with Gasteiger partial charge in [-0.15, -0.1) is 0 Å². The summed E-state index contributed by atoms with van der Waals surface area (Å²) in [7, 11) is 0. The molecular formula is C15H22N2O2. The SMILES string of the molecule is O=C1C2CC2C(=O)N1C1CCNC2(CCCCC2)C1. The molecular weight excluding hydrogens is 240 g/mol. The topological polar surface area (TPSA) is 49.4 Å². The Morgan fingerprint density at radius 2 is 1.74 bits per heavy atom. The Kier molecular flexibility index (Phi) is 2.53. The number of hydrogen-bond donors (Lipinski definition) is 1. The summed E-state index contributed by atoms with van der Waals surface area (Å²) in [6, 6.07) is 0.173. The Labute approximate surface area is 113 Å². The van der Waals surface area contributed by atoms with Crippen molar-refractivity contribution in [2.45, 2.75) is 62.9 Å². The molecule has 2 amide bonds. The molecule has 4 fully saturated rings. The molecule has 0 aromatic heterocycles. The van der Waals surface area contributed by atoms with Crippen LogP contribution >= 0.6 is 0 Å². The lowest BCUT2D eigenvalue weighted by Gasteiger charge is -2.46. The molecule has 2 aliphatic heterocycles. The van der Waals surface area contributed by atoms with Crippen LogP contribution in [0.15, 0.2) is 0 Å². The van der Waals surface area contributed by atoms with Crippen LogP contribution in [0, 0.1) is 11.8 Å². The molecule has 4 rings (SSSR count). The summed E-state index contributed by atoms with van der Waals surface area (Å²) < 4.78 is 0. The second-order valence-corrected chi connectivity index (χ2v) is 6.91. The van der Waals surface area contributed by atoms with Gasteiger partial charge in [-0.1, -0.05) is 19.3 Å². The zero-order chi connectivity index (χ0) is 13.0. The summed E-state index contributed by atoms with van der Waals surface area (Å²) >= 11 is 0. The number of amides is 2. The number of fused-ring (bicyclic) bond motifs is 1. The highest BCUT2D eigenvalue weighted by atomic mass is 16.2. The van der Waals surface area contributed by atoms with Crippen LogP contribution in [0.3, 0.4) is 0 Å². The van der Waals surface area contributed by atoms with Crippen molar-refractivity contribution in [1.82, 2.24) is 10.2 Å². The molecule has 1 spiro atoms. The molecule has 3 unspecified atom stereocenters. The molecule has 19 heavy (non-hydrogen) atoms. The van der Waals surface area contributed by atoms with Crippen LogP contribution in [0.4, 0.5) is 0 Å². The minimum Gasteiger partial charge on any atom is -0.311 e. The number of nitrogens with zero attached hydrogens (tertiary/aromatic N) is 1. The first-order valence-electron chi connectivity index (χ1n) is 7.82. The van der Waals surface area contributed by atoms with Crippen molar-refractivity contribution in [1.29, 1.82) is 0 Å². The number of rotatable bonds is 1. The Morgan fingerprint density at radius 3 is 2.42 bits per heavy atom. The van der Waals surface area contributed by atoms with Crippen LogP contribution in [0.1, 0.15) is 51.4 Å². The molecule has 3 atom stereocenters. The van der Waals surface area contributed by atoms with Crippen molar-refractivity contribution in [2.75, 3.05) is 6.54 Å². The monoisotopic (exact) mass is 262 g/mol. The molecule has 2 aliphatic carbocycles. The molecule has 4 aliphatic rings. The molecule has 104 valence electrons. The fourth-order valence-electron chi connectivity index (χ4n) is 4.53. The highest BCUT2D eigenvalue weighted by Gasteiger charge is 2.60. The van der Waals surface area contributed by atoms with E-state index in [1.54, 1.807) is 4.90 Å². The van der Waals surface area contributed by atoms with Crippen molar-refractivity contribution >= 4 is 11.8 Å². The van der Waals surface area contributed by atoms with E-state index in [0.29, 0.717) is 0 Å². The van der Waals surface area contributed by atoms with Gasteiger partial charge in [-0.3, -0.25) is 14.5 Å². The van der Waals surface area contributed by atoms with Gasteiger partial charge in [-0.2, -0.15) is 0 Å². The van der Waals surface area contributed by atoms with Crippen molar-refractivity contribution in [3.05, 3.63) is 0 Å². The van der Waals surface area contributed by atoms with Crippen LogP contribution in [0.25, 0.3) is 0 Å². The standard InChI is InChI=1S/C15H22N2O2/c18-13-11-8-12(11)14(19)17(13)10-4-7-16-15(9-10)5-2-1-3-6-15/h10-12,16H,1-9H2. The summed E-state index contributed by atoms with van der Waals surface area (Å²) in [4.78, 5) is 26.1. The first kappa shape index (κ1) is 11.9. The molecule has 2 saturated heterocycles. The lowest BCUT2D eigenvalue weighted by atomic mass is 9.74. The molecule has 4 heteroatoms. The van der Waals surface area contributed by atoms with Crippen LogP contribution in [0.2, 0.25) is 0 Å². The summed E-state index contributed by atoms with van der Waals surface area (Å²) in [5.74, 6) is 0.384. The van der Waals surface area contributed by atoms with Gasteiger partial charge in [0.1, 0.15) is 0 Å². The van der Waals surface area contributed by atoms with Gasteiger partial charge in [0.25, 0.3) is 0 Å². The van der Waals surface area contributed by atoms with E-state index in [1.807, 2.05) is 0 Å². The highest BCUT2D eigenvalue weighted by molar-refractivity contribution is 6.09. The minimum absolute atomic E-state index is 0.0599. The molecule has 2 saturated carbocycles. The normalized spacial score (nSPS) is 40.6. The maximum absolute atomic E-state index is 12.2. The lowest BCUT2D eigenvalue weighted by Crippen LogP contribution is -2.58. The number of likely N-dealkylation sites (tertiary alicyclic amines) is 1. The van der Waals surface area contributed by atoms with Crippen LogP contribution in [0.5, 0.6) is 0 Å². The van der Waals surface area contributed by atoms with E-state index in [0.717, 1.165) is 25.8 Å². The smallest absolute Gasteiger partial charge is 0.233 e. The van der Waals surface area contributed by atoms with E-state index >= 15 is 0 Å². The van der Waals surface area contributed by atoms with Gasteiger partial charge in [0.2, 0.25) is 11.8 Å². The predicted octanol–water partition coefficient (Wildman–Crippen LogP) is 1.45. The quantitative estimate of drug-likeness (QED) is 0.728. The fraction of sp³-hybridized carbons (Fsp3) is 0.867. The van der Waals surface area contributed by atoms with Crippen molar-refractivity contribution in [2.24, 2.45) is 11.8 Å². The number of carbonyl (C=O) groups excluding carboxylic acids is 2. The summed E-state index contributed by atoms with van der Waals surface area (Å²) in [6.45, 7) is 0.955. The van der Waals surface area contributed by atoms with E-state index in [4.69, 9.17) is 0 Å². The van der Waals surface area contributed by atoms with Crippen LogP contribution in [-0.4, -0.2) is 34.8 Å². The molecule has 0 radical (unpaired) electrons. The summed E-state index contributed by atoms with van der Waals surface area (Å²) in [6.07, 6.45) is 9.09. The average Bonchev–Trinajstić information content (AvgIpc) is 3.15. The van der Waals surface area contributed by atoms with Crippen molar-refractivity contribution < 1.29 is 9.59 Å². The van der Waals surface area contributed by atoms with E-state index in [-0.39, 0.29) is 35.2 Å². The maximum Gasteiger partial charge on any atom is 0.233 e. The van der Waals surface area contributed by atoms with Gasteiger partial charge in [-0.05, 0) is 38.6 Å². The predicted molar refractivity (Wildman–Crippen MR) is 70.3 cm³/mol. The number of piperidine rings is 2. The Morgan fingerprint density at radius 1 is 1.05 bits per heavy atom.